The highest BCUT2D eigenvalue weighted by atomic mass is 35.5. The maximum absolute atomic E-state index is 10.5. The molecule has 0 aliphatic carbocycles. The maximum Gasteiger partial charge on any atom is 0.311 e. The average molecular weight is 202 g/mol. The molecular formula is C8H8ClNO3. The molecule has 0 atom stereocenters. The van der Waals surface area contributed by atoms with Crippen LogP contribution >= 0.6 is 11.6 Å². The van der Waals surface area contributed by atoms with Crippen LogP contribution in [-0.2, 0) is 0 Å². The number of hydrogen-bond acceptors (Lipinski definition) is 3. The lowest BCUT2D eigenvalue weighted by atomic mass is 10.2. The fourth-order valence-corrected chi connectivity index (χ4v) is 1.11. The summed E-state index contributed by atoms with van der Waals surface area (Å²) in [6.45, 7) is 1.70. The van der Waals surface area contributed by atoms with E-state index in [4.69, 9.17) is 16.3 Å². The molecule has 0 radical (unpaired) electrons. The van der Waals surface area contributed by atoms with Gasteiger partial charge in [0, 0.05) is 17.2 Å². The van der Waals surface area contributed by atoms with Crippen molar-refractivity contribution in [2.24, 2.45) is 0 Å². The molecule has 5 heteroatoms. The minimum atomic E-state index is -0.498. The van der Waals surface area contributed by atoms with Crippen LogP contribution < -0.4 is 4.74 Å². The molecule has 0 heterocycles. The topological polar surface area (TPSA) is 52.4 Å². The van der Waals surface area contributed by atoms with Crippen molar-refractivity contribution < 1.29 is 9.66 Å². The number of hydrogen-bond donors (Lipinski definition) is 0. The minimum Gasteiger partial charge on any atom is -0.490 e. The smallest absolute Gasteiger partial charge is 0.311 e. The van der Waals surface area contributed by atoms with Crippen molar-refractivity contribution in [3.63, 3.8) is 0 Å². The van der Waals surface area contributed by atoms with Gasteiger partial charge in [-0.2, -0.15) is 0 Å². The third-order valence-electron chi connectivity index (χ3n) is 1.66. The number of methoxy groups -OCH3 is 1. The number of aryl methyl sites for hydroxylation is 1. The van der Waals surface area contributed by atoms with E-state index in [1.807, 2.05) is 0 Å². The van der Waals surface area contributed by atoms with E-state index in [0.29, 0.717) is 10.6 Å². The summed E-state index contributed by atoms with van der Waals surface area (Å²) in [5.41, 5.74) is 0.596. The van der Waals surface area contributed by atoms with E-state index in [2.05, 4.69) is 0 Å². The molecular weight excluding hydrogens is 194 g/mol. The van der Waals surface area contributed by atoms with E-state index in [-0.39, 0.29) is 11.4 Å². The quantitative estimate of drug-likeness (QED) is 0.546. The molecule has 1 aromatic rings. The van der Waals surface area contributed by atoms with Crippen LogP contribution in [0.2, 0.25) is 5.02 Å². The molecule has 0 saturated carbocycles. The lowest BCUT2D eigenvalue weighted by molar-refractivity contribution is -0.385. The van der Waals surface area contributed by atoms with E-state index in [1.54, 1.807) is 6.92 Å². The van der Waals surface area contributed by atoms with Crippen molar-refractivity contribution in [1.29, 1.82) is 0 Å². The Morgan fingerprint density at radius 3 is 2.62 bits per heavy atom. The second-order valence-electron chi connectivity index (χ2n) is 2.53. The Bertz CT molecular complexity index is 351. The molecule has 13 heavy (non-hydrogen) atoms. The van der Waals surface area contributed by atoms with Gasteiger partial charge in [0.2, 0.25) is 0 Å². The fraction of sp³-hybridized carbons (Fsp3) is 0.250. The summed E-state index contributed by atoms with van der Waals surface area (Å²) in [7, 11) is 1.37. The van der Waals surface area contributed by atoms with Crippen molar-refractivity contribution in [2.75, 3.05) is 7.11 Å². The Hall–Kier alpha value is -1.29. The molecule has 0 fully saturated rings. The van der Waals surface area contributed by atoms with E-state index in [1.165, 1.54) is 19.2 Å². The predicted molar refractivity (Wildman–Crippen MR) is 49.4 cm³/mol. The van der Waals surface area contributed by atoms with Crippen LogP contribution in [-0.4, -0.2) is 12.0 Å². The Morgan fingerprint density at radius 1 is 1.54 bits per heavy atom. The molecule has 0 saturated heterocycles. The van der Waals surface area contributed by atoms with Gasteiger partial charge in [-0.25, -0.2) is 0 Å². The summed E-state index contributed by atoms with van der Waals surface area (Å²) in [6, 6.07) is 2.83. The van der Waals surface area contributed by atoms with E-state index in [9.17, 15) is 10.1 Å². The highest BCUT2D eigenvalue weighted by Gasteiger charge is 2.16. The highest BCUT2D eigenvalue weighted by molar-refractivity contribution is 6.31. The first-order chi connectivity index (χ1) is 6.06. The van der Waals surface area contributed by atoms with Gasteiger partial charge in [0.1, 0.15) is 0 Å². The summed E-state index contributed by atoms with van der Waals surface area (Å²) >= 11 is 5.77. The van der Waals surface area contributed by atoms with Gasteiger partial charge in [-0.15, -0.1) is 0 Å². The van der Waals surface area contributed by atoms with Gasteiger partial charge in [0.25, 0.3) is 0 Å². The standard InChI is InChI=1S/C8H8ClNO3/c1-5-3-7(10(11)12)8(13-2)4-6(5)9/h3-4H,1-2H3. The lowest BCUT2D eigenvalue weighted by Crippen LogP contribution is -1.94. The molecule has 1 aromatic carbocycles. The molecule has 0 amide bonds. The Morgan fingerprint density at radius 2 is 2.15 bits per heavy atom. The number of halogens is 1. The third-order valence-corrected chi connectivity index (χ3v) is 2.06. The van der Waals surface area contributed by atoms with Crippen LogP contribution in [0.1, 0.15) is 5.56 Å². The predicted octanol–water partition coefficient (Wildman–Crippen LogP) is 2.57. The van der Waals surface area contributed by atoms with Crippen LogP contribution in [0.15, 0.2) is 12.1 Å². The molecule has 0 bridgehead atoms. The normalized spacial score (nSPS) is 9.77. The van der Waals surface area contributed by atoms with Gasteiger partial charge in [-0.1, -0.05) is 11.6 Å². The molecule has 1 rings (SSSR count). The zero-order valence-corrected chi connectivity index (χ0v) is 7.96. The monoisotopic (exact) mass is 201 g/mol. The van der Waals surface area contributed by atoms with E-state index >= 15 is 0 Å². The maximum atomic E-state index is 10.5. The van der Waals surface area contributed by atoms with Crippen molar-refractivity contribution in [2.45, 2.75) is 6.92 Å². The molecule has 0 unspecified atom stereocenters. The van der Waals surface area contributed by atoms with Gasteiger partial charge in [-0.3, -0.25) is 10.1 Å². The summed E-state index contributed by atoms with van der Waals surface area (Å²) < 4.78 is 4.82. The molecule has 0 aliphatic heterocycles. The number of nitro groups is 1. The first-order valence-corrected chi connectivity index (χ1v) is 3.92. The number of benzene rings is 1. The van der Waals surface area contributed by atoms with E-state index in [0.717, 1.165) is 0 Å². The third kappa shape index (κ3) is 1.89. The lowest BCUT2D eigenvalue weighted by Gasteiger charge is -2.03. The van der Waals surface area contributed by atoms with Gasteiger partial charge >= 0.3 is 5.69 Å². The Labute approximate surface area is 80.2 Å². The first-order valence-electron chi connectivity index (χ1n) is 3.54. The van der Waals surface area contributed by atoms with Crippen LogP contribution in [0.4, 0.5) is 5.69 Å². The average Bonchev–Trinajstić information content (AvgIpc) is 2.08. The van der Waals surface area contributed by atoms with Crippen molar-refractivity contribution >= 4 is 17.3 Å². The van der Waals surface area contributed by atoms with Crippen molar-refractivity contribution in [3.8, 4) is 5.75 Å². The number of nitro benzene ring substituents is 1. The van der Waals surface area contributed by atoms with E-state index < -0.39 is 4.92 Å². The Kier molecular flexibility index (Phi) is 2.72. The Balaban J connectivity index is 3.33. The first kappa shape index (κ1) is 9.80. The van der Waals surface area contributed by atoms with Crippen LogP contribution in [0, 0.1) is 17.0 Å². The summed E-state index contributed by atoms with van der Waals surface area (Å²) in [5, 5.41) is 11.0. The summed E-state index contributed by atoms with van der Waals surface area (Å²) in [6.07, 6.45) is 0. The van der Waals surface area contributed by atoms with Crippen LogP contribution in [0.5, 0.6) is 5.75 Å². The zero-order chi connectivity index (χ0) is 10.0. The van der Waals surface area contributed by atoms with Crippen LogP contribution in [0.25, 0.3) is 0 Å². The number of nitrogens with zero attached hydrogens (tertiary/aromatic N) is 1. The zero-order valence-electron chi connectivity index (χ0n) is 7.20. The summed E-state index contributed by atoms with van der Waals surface area (Å²) in [4.78, 5) is 10.0. The molecule has 0 aliphatic rings. The van der Waals surface area contributed by atoms with Gasteiger partial charge in [0.05, 0.1) is 12.0 Å². The van der Waals surface area contributed by atoms with Gasteiger partial charge in [-0.05, 0) is 12.5 Å². The molecule has 0 aromatic heterocycles. The largest absolute Gasteiger partial charge is 0.490 e. The SMILES string of the molecule is COc1cc(Cl)c(C)cc1[N+](=O)[O-]. The number of rotatable bonds is 2. The second-order valence-corrected chi connectivity index (χ2v) is 2.94. The van der Waals surface area contributed by atoms with Crippen molar-refractivity contribution in [3.05, 3.63) is 32.8 Å². The van der Waals surface area contributed by atoms with Gasteiger partial charge < -0.3 is 4.74 Å². The van der Waals surface area contributed by atoms with Gasteiger partial charge in [0.15, 0.2) is 5.75 Å². The minimum absolute atomic E-state index is 0.0654. The van der Waals surface area contributed by atoms with Crippen molar-refractivity contribution in [1.82, 2.24) is 0 Å². The van der Waals surface area contributed by atoms with Crippen LogP contribution in [0.3, 0.4) is 0 Å². The molecule has 70 valence electrons. The number of ether oxygens (including phenoxy) is 1. The second kappa shape index (κ2) is 3.62. The fourth-order valence-electron chi connectivity index (χ4n) is 0.954. The highest BCUT2D eigenvalue weighted by Crippen LogP contribution is 2.32. The molecule has 4 nitrogen and oxygen atoms in total. The molecule has 0 spiro atoms. The molecule has 0 N–H and O–H groups in total. The summed E-state index contributed by atoms with van der Waals surface area (Å²) in [5.74, 6) is 0.181.